The molecular weight excluding hydrogens is 270 g/mol. The lowest BCUT2D eigenvalue weighted by atomic mass is 10.2. The molecule has 0 unspecified atom stereocenters. The minimum Gasteiger partial charge on any atom is -0.488 e. The molecule has 1 aromatic rings. The Morgan fingerprint density at radius 2 is 2.12 bits per heavy atom. The molecule has 0 spiro atoms. The summed E-state index contributed by atoms with van der Waals surface area (Å²) in [6.45, 7) is 0. The molecule has 0 atom stereocenters. The number of para-hydroxylation sites is 1. The van der Waals surface area contributed by atoms with Crippen LogP contribution in [0.3, 0.4) is 0 Å². The minimum absolute atomic E-state index is 0.0306. The summed E-state index contributed by atoms with van der Waals surface area (Å²) in [6, 6.07) is 5.54. The molecule has 0 heterocycles. The Bertz CT molecular complexity index is 413. The number of rotatable bonds is 3. The van der Waals surface area contributed by atoms with Crippen LogP contribution in [0.1, 0.15) is 23.2 Å². The van der Waals surface area contributed by atoms with Crippen LogP contribution in [0.15, 0.2) is 22.7 Å². The summed E-state index contributed by atoms with van der Waals surface area (Å²) in [5.41, 5.74) is 0.617. The largest absolute Gasteiger partial charge is 0.488 e. The van der Waals surface area contributed by atoms with Gasteiger partial charge < -0.3 is 9.64 Å². The summed E-state index contributed by atoms with van der Waals surface area (Å²) in [4.78, 5) is 13.5. The van der Waals surface area contributed by atoms with Crippen LogP contribution in [0.2, 0.25) is 0 Å². The highest BCUT2D eigenvalue weighted by atomic mass is 79.9. The minimum atomic E-state index is -0.0306. The normalized spacial score (nSPS) is 14.7. The zero-order valence-electron chi connectivity index (χ0n) is 9.37. The van der Waals surface area contributed by atoms with Crippen LogP contribution in [-0.4, -0.2) is 31.0 Å². The zero-order valence-corrected chi connectivity index (χ0v) is 11.0. The second-order valence-electron chi connectivity index (χ2n) is 4.13. The molecule has 0 aliphatic heterocycles. The molecule has 1 amide bonds. The van der Waals surface area contributed by atoms with Crippen molar-refractivity contribution in [2.75, 3.05) is 14.1 Å². The van der Waals surface area contributed by atoms with E-state index in [-0.39, 0.29) is 12.0 Å². The summed E-state index contributed by atoms with van der Waals surface area (Å²) >= 11 is 3.43. The Morgan fingerprint density at radius 1 is 1.44 bits per heavy atom. The van der Waals surface area contributed by atoms with Crippen molar-refractivity contribution in [2.45, 2.75) is 18.9 Å². The lowest BCUT2D eigenvalue weighted by molar-refractivity contribution is 0.0822. The first-order chi connectivity index (χ1) is 7.59. The van der Waals surface area contributed by atoms with Gasteiger partial charge in [0.1, 0.15) is 5.75 Å². The van der Waals surface area contributed by atoms with Gasteiger partial charge in [-0.3, -0.25) is 4.79 Å². The molecule has 1 fully saturated rings. The van der Waals surface area contributed by atoms with Gasteiger partial charge in [0.25, 0.3) is 5.91 Å². The van der Waals surface area contributed by atoms with Crippen LogP contribution < -0.4 is 4.74 Å². The fraction of sp³-hybridized carbons (Fsp3) is 0.417. The number of hydrogen-bond acceptors (Lipinski definition) is 2. The van der Waals surface area contributed by atoms with Crippen LogP contribution in [-0.2, 0) is 0 Å². The third-order valence-corrected chi connectivity index (χ3v) is 3.04. The second kappa shape index (κ2) is 4.45. The van der Waals surface area contributed by atoms with Crippen molar-refractivity contribution in [3.05, 3.63) is 28.2 Å². The smallest absolute Gasteiger partial charge is 0.257 e. The van der Waals surface area contributed by atoms with Gasteiger partial charge in [-0.1, -0.05) is 6.07 Å². The van der Waals surface area contributed by atoms with E-state index >= 15 is 0 Å². The molecule has 3 nitrogen and oxygen atoms in total. The van der Waals surface area contributed by atoms with Crippen LogP contribution in [0.4, 0.5) is 0 Å². The Morgan fingerprint density at radius 3 is 2.69 bits per heavy atom. The predicted octanol–water partition coefficient (Wildman–Crippen LogP) is 2.69. The number of nitrogens with zero attached hydrogens (tertiary/aromatic N) is 1. The highest BCUT2D eigenvalue weighted by Gasteiger charge is 2.27. The third kappa shape index (κ3) is 2.38. The fourth-order valence-corrected chi connectivity index (χ4v) is 1.85. The van der Waals surface area contributed by atoms with Gasteiger partial charge in [-0.15, -0.1) is 0 Å². The van der Waals surface area contributed by atoms with Crippen LogP contribution in [0.5, 0.6) is 5.75 Å². The summed E-state index contributed by atoms with van der Waals surface area (Å²) in [7, 11) is 3.48. The van der Waals surface area contributed by atoms with Crippen LogP contribution >= 0.6 is 15.9 Å². The van der Waals surface area contributed by atoms with E-state index in [1.54, 1.807) is 25.1 Å². The number of carbonyl (C=O) groups is 1. The molecule has 0 aromatic heterocycles. The van der Waals surface area contributed by atoms with E-state index in [0.29, 0.717) is 11.3 Å². The highest BCUT2D eigenvalue weighted by molar-refractivity contribution is 9.10. The van der Waals surface area contributed by atoms with E-state index in [4.69, 9.17) is 4.74 Å². The molecule has 2 rings (SSSR count). The third-order valence-electron chi connectivity index (χ3n) is 2.41. The molecule has 1 aliphatic rings. The lowest BCUT2D eigenvalue weighted by Gasteiger charge is -2.15. The molecule has 0 radical (unpaired) electrons. The van der Waals surface area contributed by atoms with E-state index in [1.165, 1.54) is 0 Å². The van der Waals surface area contributed by atoms with Gasteiger partial charge in [-0.25, -0.2) is 0 Å². The Kier molecular flexibility index (Phi) is 3.19. The molecule has 1 aromatic carbocycles. The van der Waals surface area contributed by atoms with Crippen LogP contribution in [0, 0.1) is 0 Å². The summed E-state index contributed by atoms with van der Waals surface area (Å²) in [5, 5.41) is 0. The highest BCUT2D eigenvalue weighted by Crippen LogP contribution is 2.35. The van der Waals surface area contributed by atoms with E-state index in [0.717, 1.165) is 17.3 Å². The SMILES string of the molecule is CN(C)C(=O)c1cccc(Br)c1OC1CC1. The van der Waals surface area contributed by atoms with Gasteiger partial charge in [0, 0.05) is 14.1 Å². The molecule has 0 N–H and O–H groups in total. The van der Waals surface area contributed by atoms with Crippen molar-refractivity contribution in [3.63, 3.8) is 0 Å². The maximum Gasteiger partial charge on any atom is 0.257 e. The average molecular weight is 284 g/mol. The standard InChI is InChI=1S/C12H14BrNO2/c1-14(2)12(15)9-4-3-5-10(13)11(9)16-8-6-7-8/h3-5,8H,6-7H2,1-2H3. The maximum atomic E-state index is 11.9. The van der Waals surface area contributed by atoms with Crippen molar-refractivity contribution in [1.29, 1.82) is 0 Å². The van der Waals surface area contributed by atoms with Gasteiger partial charge >= 0.3 is 0 Å². The number of amides is 1. The van der Waals surface area contributed by atoms with Crippen molar-refractivity contribution in [1.82, 2.24) is 4.90 Å². The van der Waals surface area contributed by atoms with Crippen molar-refractivity contribution < 1.29 is 9.53 Å². The Hall–Kier alpha value is -1.03. The number of hydrogen-bond donors (Lipinski definition) is 0. The van der Waals surface area contributed by atoms with Gasteiger partial charge in [0.15, 0.2) is 0 Å². The summed E-state index contributed by atoms with van der Waals surface area (Å²) in [5.74, 6) is 0.639. The molecule has 1 saturated carbocycles. The summed E-state index contributed by atoms with van der Waals surface area (Å²) < 4.78 is 6.60. The molecule has 0 bridgehead atoms. The van der Waals surface area contributed by atoms with Gasteiger partial charge in [-0.2, -0.15) is 0 Å². The number of halogens is 1. The van der Waals surface area contributed by atoms with Gasteiger partial charge in [0.05, 0.1) is 16.1 Å². The van der Waals surface area contributed by atoms with E-state index < -0.39 is 0 Å². The number of ether oxygens (including phenoxy) is 1. The zero-order chi connectivity index (χ0) is 11.7. The van der Waals surface area contributed by atoms with Gasteiger partial charge in [0.2, 0.25) is 0 Å². The first-order valence-corrected chi connectivity index (χ1v) is 6.05. The van der Waals surface area contributed by atoms with E-state index in [9.17, 15) is 4.79 Å². The predicted molar refractivity (Wildman–Crippen MR) is 65.8 cm³/mol. The summed E-state index contributed by atoms with van der Waals surface area (Å²) in [6.07, 6.45) is 2.45. The average Bonchev–Trinajstić information content (AvgIpc) is 3.03. The van der Waals surface area contributed by atoms with E-state index in [2.05, 4.69) is 15.9 Å². The Labute approximate surface area is 104 Å². The van der Waals surface area contributed by atoms with Crippen molar-refractivity contribution >= 4 is 21.8 Å². The fourth-order valence-electron chi connectivity index (χ4n) is 1.39. The van der Waals surface area contributed by atoms with Gasteiger partial charge in [-0.05, 0) is 40.9 Å². The molecule has 16 heavy (non-hydrogen) atoms. The molecule has 4 heteroatoms. The maximum absolute atomic E-state index is 11.9. The molecular formula is C12H14BrNO2. The second-order valence-corrected chi connectivity index (χ2v) is 4.99. The van der Waals surface area contributed by atoms with Crippen LogP contribution in [0.25, 0.3) is 0 Å². The quantitative estimate of drug-likeness (QED) is 0.854. The molecule has 0 saturated heterocycles. The molecule has 1 aliphatic carbocycles. The van der Waals surface area contributed by atoms with Crippen molar-refractivity contribution in [2.24, 2.45) is 0 Å². The van der Waals surface area contributed by atoms with E-state index in [1.807, 2.05) is 12.1 Å². The number of benzene rings is 1. The van der Waals surface area contributed by atoms with Crippen molar-refractivity contribution in [3.8, 4) is 5.75 Å². The first-order valence-electron chi connectivity index (χ1n) is 5.26. The monoisotopic (exact) mass is 283 g/mol. The first kappa shape index (κ1) is 11.5. The lowest BCUT2D eigenvalue weighted by Crippen LogP contribution is -2.22. The molecule has 86 valence electrons. The Balaban J connectivity index is 2.34. The topological polar surface area (TPSA) is 29.5 Å². The number of carbonyl (C=O) groups excluding carboxylic acids is 1.